The van der Waals surface area contributed by atoms with Crippen molar-refractivity contribution in [3.8, 4) is 5.75 Å². The molecule has 2 aliphatic rings. The Morgan fingerprint density at radius 1 is 1.15 bits per heavy atom. The van der Waals surface area contributed by atoms with Gasteiger partial charge in [-0.2, -0.15) is 0 Å². The number of hydrogen-bond acceptors (Lipinski definition) is 3. The van der Waals surface area contributed by atoms with E-state index in [9.17, 15) is 4.79 Å². The van der Waals surface area contributed by atoms with E-state index in [2.05, 4.69) is 119 Å². The second-order valence-electron chi connectivity index (χ2n) is 9.53. The summed E-state index contributed by atoms with van der Waals surface area (Å²) in [5.41, 5.74) is 5.25. The van der Waals surface area contributed by atoms with Crippen molar-refractivity contribution in [3.05, 3.63) is 85.0 Å². The molecule has 33 heavy (non-hydrogen) atoms. The van der Waals surface area contributed by atoms with Crippen LogP contribution in [0.4, 0.5) is 5.69 Å². The highest BCUT2D eigenvalue weighted by atomic mass is 127. The molecule has 3 aromatic carbocycles. The SMILES string of the molecule is C=CCOc1c(I)cc(I)cc1C1Nc2ccc3ccccc3c2C2=C1C(=O)CC(C)(C)C2. The van der Waals surface area contributed by atoms with Crippen LogP contribution in [-0.2, 0) is 4.79 Å². The molecule has 1 unspecified atom stereocenters. The van der Waals surface area contributed by atoms with Crippen molar-refractivity contribution in [2.24, 2.45) is 5.41 Å². The summed E-state index contributed by atoms with van der Waals surface area (Å²) in [5.74, 6) is 1.04. The second kappa shape index (κ2) is 8.73. The maximum atomic E-state index is 13.7. The van der Waals surface area contributed by atoms with Crippen molar-refractivity contribution in [1.82, 2.24) is 0 Å². The second-order valence-corrected chi connectivity index (χ2v) is 11.9. The molecule has 1 N–H and O–H groups in total. The first-order valence-electron chi connectivity index (χ1n) is 11.1. The van der Waals surface area contributed by atoms with Gasteiger partial charge in [0.1, 0.15) is 12.4 Å². The van der Waals surface area contributed by atoms with Gasteiger partial charge in [-0.25, -0.2) is 0 Å². The molecule has 5 rings (SSSR count). The van der Waals surface area contributed by atoms with Crippen molar-refractivity contribution >= 4 is 73.0 Å². The molecule has 3 aromatic rings. The third-order valence-electron chi connectivity index (χ3n) is 6.43. The number of anilines is 1. The van der Waals surface area contributed by atoms with Crippen LogP contribution in [0.5, 0.6) is 5.75 Å². The highest BCUT2D eigenvalue weighted by Gasteiger charge is 2.41. The lowest BCUT2D eigenvalue weighted by Crippen LogP contribution is -2.33. The Morgan fingerprint density at radius 3 is 2.73 bits per heavy atom. The van der Waals surface area contributed by atoms with Gasteiger partial charge in [-0.15, -0.1) is 0 Å². The van der Waals surface area contributed by atoms with Gasteiger partial charge in [-0.1, -0.05) is 56.8 Å². The average molecular weight is 661 g/mol. The molecule has 0 saturated heterocycles. The van der Waals surface area contributed by atoms with E-state index in [1.807, 2.05) is 0 Å². The van der Waals surface area contributed by atoms with Crippen molar-refractivity contribution < 1.29 is 9.53 Å². The number of carbonyl (C=O) groups excluding carboxylic acids is 1. The molecular weight excluding hydrogens is 636 g/mol. The minimum absolute atomic E-state index is 0.0757. The zero-order valence-corrected chi connectivity index (χ0v) is 23.0. The first-order chi connectivity index (χ1) is 15.8. The number of nitrogens with one attached hydrogen (secondary N) is 1. The van der Waals surface area contributed by atoms with Gasteiger partial charge in [0.25, 0.3) is 0 Å². The molecule has 1 heterocycles. The lowest BCUT2D eigenvalue weighted by molar-refractivity contribution is -0.118. The van der Waals surface area contributed by atoms with Crippen LogP contribution in [0.3, 0.4) is 0 Å². The minimum atomic E-state index is -0.250. The fourth-order valence-corrected chi connectivity index (χ4v) is 7.21. The summed E-state index contributed by atoms with van der Waals surface area (Å²) in [5, 5.41) is 6.13. The molecule has 1 atom stereocenters. The number of fused-ring (bicyclic) bond motifs is 4. The quantitative estimate of drug-likeness (QED) is 0.228. The molecule has 0 amide bonds. The highest BCUT2D eigenvalue weighted by Crippen LogP contribution is 2.53. The monoisotopic (exact) mass is 661 g/mol. The summed E-state index contributed by atoms with van der Waals surface area (Å²) in [6, 6.07) is 16.8. The Morgan fingerprint density at radius 2 is 1.94 bits per heavy atom. The smallest absolute Gasteiger partial charge is 0.162 e. The van der Waals surface area contributed by atoms with Crippen LogP contribution in [0.1, 0.15) is 43.9 Å². The summed E-state index contributed by atoms with van der Waals surface area (Å²) < 4.78 is 8.29. The molecular formula is C28H25I2NO2. The van der Waals surface area contributed by atoms with Crippen LogP contribution < -0.4 is 10.1 Å². The number of ether oxygens (including phenoxy) is 1. The van der Waals surface area contributed by atoms with Gasteiger partial charge >= 0.3 is 0 Å². The third-order valence-corrected chi connectivity index (χ3v) is 7.86. The Balaban J connectivity index is 1.79. The molecule has 1 aliphatic heterocycles. The average Bonchev–Trinajstić information content (AvgIpc) is 2.76. The van der Waals surface area contributed by atoms with Crippen LogP contribution in [0.2, 0.25) is 0 Å². The number of Topliss-reactive ketones (excluding diaryl/α,β-unsaturated/α-hetero) is 1. The Bertz CT molecular complexity index is 1340. The predicted molar refractivity (Wildman–Crippen MR) is 153 cm³/mol. The van der Waals surface area contributed by atoms with E-state index >= 15 is 0 Å². The molecule has 0 bridgehead atoms. The number of halogens is 2. The van der Waals surface area contributed by atoms with Crippen LogP contribution in [0, 0.1) is 12.6 Å². The number of hydrogen-bond donors (Lipinski definition) is 1. The Hall–Kier alpha value is -1.87. The number of carbonyl (C=O) groups is 1. The highest BCUT2D eigenvalue weighted by molar-refractivity contribution is 14.1. The van der Waals surface area contributed by atoms with Crippen molar-refractivity contribution in [2.45, 2.75) is 32.7 Å². The summed E-state index contributed by atoms with van der Waals surface area (Å²) in [6.07, 6.45) is 3.18. The van der Waals surface area contributed by atoms with E-state index in [0.717, 1.165) is 36.1 Å². The van der Waals surface area contributed by atoms with Crippen LogP contribution in [-0.4, -0.2) is 12.4 Å². The number of allylic oxidation sites excluding steroid dienone is 1. The van der Waals surface area contributed by atoms with Crippen molar-refractivity contribution in [3.63, 3.8) is 0 Å². The van der Waals surface area contributed by atoms with Crippen LogP contribution >= 0.6 is 45.2 Å². The van der Waals surface area contributed by atoms with E-state index in [0.29, 0.717) is 13.0 Å². The molecule has 0 aromatic heterocycles. The standard InChI is InChI=1S/C28H25I2NO2/c1-4-11-33-27-19(12-17(29)13-21(27)30)26-25-20(14-28(2,3)15-23(25)32)24-18-8-6-5-7-16(18)9-10-22(24)31-26/h4-10,12-13,26,31H,1,11,14-15H2,2-3H3. The maximum Gasteiger partial charge on any atom is 0.162 e. The van der Waals surface area contributed by atoms with Crippen LogP contribution in [0.25, 0.3) is 16.3 Å². The zero-order valence-electron chi connectivity index (χ0n) is 18.7. The molecule has 0 fully saturated rings. The third kappa shape index (κ3) is 4.11. The summed E-state index contributed by atoms with van der Waals surface area (Å²) >= 11 is 4.67. The van der Waals surface area contributed by atoms with E-state index in [1.165, 1.54) is 21.9 Å². The molecule has 0 saturated carbocycles. The first kappa shape index (κ1) is 22.9. The van der Waals surface area contributed by atoms with Crippen molar-refractivity contribution in [1.29, 1.82) is 0 Å². The number of ketones is 1. The predicted octanol–water partition coefficient (Wildman–Crippen LogP) is 7.92. The van der Waals surface area contributed by atoms with Gasteiger partial charge in [-0.3, -0.25) is 4.79 Å². The summed E-state index contributed by atoms with van der Waals surface area (Å²) in [6.45, 7) is 8.63. The molecule has 1 aliphatic carbocycles. The minimum Gasteiger partial charge on any atom is -0.488 e. The normalized spacial score (nSPS) is 19.0. The topological polar surface area (TPSA) is 38.3 Å². The van der Waals surface area contributed by atoms with E-state index < -0.39 is 0 Å². The molecule has 168 valence electrons. The molecule has 0 radical (unpaired) electrons. The number of rotatable bonds is 4. The Labute approximate surface area is 222 Å². The van der Waals surface area contributed by atoms with Crippen molar-refractivity contribution in [2.75, 3.05) is 11.9 Å². The first-order valence-corrected chi connectivity index (χ1v) is 13.2. The largest absolute Gasteiger partial charge is 0.488 e. The lowest BCUT2D eigenvalue weighted by atomic mass is 9.68. The van der Waals surface area contributed by atoms with Gasteiger partial charge in [0.15, 0.2) is 5.78 Å². The van der Waals surface area contributed by atoms with Gasteiger partial charge in [-0.05, 0) is 91.6 Å². The van der Waals surface area contributed by atoms with Gasteiger partial charge in [0.2, 0.25) is 0 Å². The van der Waals surface area contributed by atoms with Gasteiger partial charge in [0, 0.05) is 32.4 Å². The van der Waals surface area contributed by atoms with E-state index in [-0.39, 0.29) is 17.2 Å². The van der Waals surface area contributed by atoms with Gasteiger partial charge < -0.3 is 10.1 Å². The summed E-state index contributed by atoms with van der Waals surface area (Å²) in [4.78, 5) is 13.7. The fourth-order valence-electron chi connectivity index (χ4n) is 5.16. The molecule has 3 nitrogen and oxygen atoms in total. The van der Waals surface area contributed by atoms with Gasteiger partial charge in [0.05, 0.1) is 9.61 Å². The molecule has 0 spiro atoms. The van der Waals surface area contributed by atoms with E-state index in [1.54, 1.807) is 6.08 Å². The number of benzene rings is 3. The van der Waals surface area contributed by atoms with Crippen LogP contribution in [0.15, 0.2) is 66.8 Å². The zero-order chi connectivity index (χ0) is 23.3. The van der Waals surface area contributed by atoms with E-state index in [4.69, 9.17) is 4.74 Å². The maximum absolute atomic E-state index is 13.7. The molecule has 5 heteroatoms. The Kier molecular flexibility index (Phi) is 6.05. The lowest BCUT2D eigenvalue weighted by Gasteiger charge is -2.40. The fraction of sp³-hybridized carbons (Fsp3) is 0.250. The summed E-state index contributed by atoms with van der Waals surface area (Å²) in [7, 11) is 0.